The highest BCUT2D eigenvalue weighted by Crippen LogP contribution is 2.16. The molecule has 0 aliphatic carbocycles. The Morgan fingerprint density at radius 3 is 2.67 bits per heavy atom. The predicted octanol–water partition coefficient (Wildman–Crippen LogP) is 3.07. The number of nitrogens with zero attached hydrogens (tertiary/aromatic N) is 1. The number of nitrogens with two attached hydrogens (primary N) is 1. The lowest BCUT2D eigenvalue weighted by Gasteiger charge is -2.08. The first kappa shape index (κ1) is 12.0. The second kappa shape index (κ2) is 5.10. The minimum absolute atomic E-state index is 0. The van der Waals surface area contributed by atoms with Crippen molar-refractivity contribution in [2.45, 2.75) is 19.4 Å². The summed E-state index contributed by atoms with van der Waals surface area (Å²) in [6.07, 6.45) is 0.922. The number of halogens is 1. The molecular formula is C12H15ClN2. The van der Waals surface area contributed by atoms with Crippen LogP contribution in [0, 0.1) is 0 Å². The number of aromatic nitrogens is 1. The zero-order chi connectivity index (χ0) is 9.97. The van der Waals surface area contributed by atoms with E-state index in [0.29, 0.717) is 0 Å². The van der Waals surface area contributed by atoms with Crippen LogP contribution in [0.2, 0.25) is 0 Å². The van der Waals surface area contributed by atoms with Crippen molar-refractivity contribution in [2.24, 2.45) is 5.73 Å². The second-order valence-corrected chi connectivity index (χ2v) is 3.44. The summed E-state index contributed by atoms with van der Waals surface area (Å²) in [5.41, 5.74) is 7.92. The molecule has 1 aromatic heterocycles. The molecule has 0 unspecified atom stereocenters. The van der Waals surface area contributed by atoms with E-state index in [9.17, 15) is 0 Å². The third-order valence-electron chi connectivity index (χ3n) is 2.44. The van der Waals surface area contributed by atoms with Gasteiger partial charge in [-0.3, -0.25) is 4.98 Å². The summed E-state index contributed by atoms with van der Waals surface area (Å²) < 4.78 is 0. The Kier molecular flexibility index (Phi) is 4.06. The molecular weight excluding hydrogens is 208 g/mol. The lowest BCUT2D eigenvalue weighted by Crippen LogP contribution is -2.10. The SMILES string of the molecule is CC[C@H](N)c1ccc2ccccc2n1.Cl. The molecule has 1 atom stereocenters. The van der Waals surface area contributed by atoms with Gasteiger partial charge in [0.2, 0.25) is 0 Å². The van der Waals surface area contributed by atoms with Crippen LogP contribution in [-0.2, 0) is 0 Å². The molecule has 0 spiro atoms. The Bertz CT molecular complexity index is 442. The van der Waals surface area contributed by atoms with E-state index >= 15 is 0 Å². The molecule has 1 heterocycles. The third kappa shape index (κ3) is 2.46. The van der Waals surface area contributed by atoms with Gasteiger partial charge in [-0.05, 0) is 18.6 Å². The molecule has 2 nitrogen and oxygen atoms in total. The van der Waals surface area contributed by atoms with Crippen molar-refractivity contribution in [3.05, 3.63) is 42.1 Å². The Morgan fingerprint density at radius 1 is 1.20 bits per heavy atom. The van der Waals surface area contributed by atoms with Crippen molar-refractivity contribution in [1.29, 1.82) is 0 Å². The molecule has 3 heteroatoms. The fourth-order valence-electron chi connectivity index (χ4n) is 1.50. The number of fused-ring (bicyclic) bond motifs is 1. The number of rotatable bonds is 2. The average Bonchev–Trinajstić information content (AvgIpc) is 2.27. The lowest BCUT2D eigenvalue weighted by molar-refractivity contribution is 0.679. The zero-order valence-electron chi connectivity index (χ0n) is 8.68. The van der Waals surface area contributed by atoms with Crippen molar-refractivity contribution in [3.8, 4) is 0 Å². The van der Waals surface area contributed by atoms with Crippen molar-refractivity contribution < 1.29 is 0 Å². The van der Waals surface area contributed by atoms with Crippen molar-refractivity contribution in [2.75, 3.05) is 0 Å². The largest absolute Gasteiger partial charge is 0.323 e. The molecule has 0 aliphatic heterocycles. The summed E-state index contributed by atoms with van der Waals surface area (Å²) in [5, 5.41) is 1.17. The van der Waals surface area contributed by atoms with Crippen LogP contribution in [0.5, 0.6) is 0 Å². The fourth-order valence-corrected chi connectivity index (χ4v) is 1.50. The number of para-hydroxylation sites is 1. The van der Waals surface area contributed by atoms with Crippen LogP contribution in [0.15, 0.2) is 36.4 Å². The predicted molar refractivity (Wildman–Crippen MR) is 66.2 cm³/mol. The minimum atomic E-state index is 0. The van der Waals surface area contributed by atoms with E-state index in [1.807, 2.05) is 24.3 Å². The number of hydrogen-bond acceptors (Lipinski definition) is 2. The van der Waals surface area contributed by atoms with Crippen LogP contribution < -0.4 is 5.73 Å². The Morgan fingerprint density at radius 2 is 1.93 bits per heavy atom. The standard InChI is InChI=1S/C12H14N2.ClH/c1-2-10(13)12-8-7-9-5-3-4-6-11(9)14-12;/h3-8,10H,2,13H2,1H3;1H/t10-;/m0./s1. The summed E-state index contributed by atoms with van der Waals surface area (Å²) in [7, 11) is 0. The molecule has 0 bridgehead atoms. The summed E-state index contributed by atoms with van der Waals surface area (Å²) >= 11 is 0. The molecule has 15 heavy (non-hydrogen) atoms. The summed E-state index contributed by atoms with van der Waals surface area (Å²) in [5.74, 6) is 0. The molecule has 0 aliphatic rings. The second-order valence-electron chi connectivity index (χ2n) is 3.44. The van der Waals surface area contributed by atoms with E-state index < -0.39 is 0 Å². The smallest absolute Gasteiger partial charge is 0.0706 e. The Labute approximate surface area is 95.9 Å². The van der Waals surface area contributed by atoms with Crippen LogP contribution in [-0.4, -0.2) is 4.98 Å². The third-order valence-corrected chi connectivity index (χ3v) is 2.44. The average molecular weight is 223 g/mol. The molecule has 0 radical (unpaired) electrons. The lowest BCUT2D eigenvalue weighted by atomic mass is 10.1. The molecule has 0 fully saturated rings. The van der Waals surface area contributed by atoms with Gasteiger partial charge in [0.25, 0.3) is 0 Å². The molecule has 2 rings (SSSR count). The van der Waals surface area contributed by atoms with Gasteiger partial charge in [-0.25, -0.2) is 0 Å². The first-order valence-corrected chi connectivity index (χ1v) is 4.92. The molecule has 1 aromatic carbocycles. The van der Waals surface area contributed by atoms with Gasteiger partial charge < -0.3 is 5.73 Å². The number of benzene rings is 1. The van der Waals surface area contributed by atoms with Crippen LogP contribution in [0.4, 0.5) is 0 Å². The molecule has 0 amide bonds. The van der Waals surface area contributed by atoms with E-state index in [-0.39, 0.29) is 18.4 Å². The van der Waals surface area contributed by atoms with E-state index in [0.717, 1.165) is 17.6 Å². The normalized spacial score (nSPS) is 12.1. The van der Waals surface area contributed by atoms with Crippen LogP contribution in [0.1, 0.15) is 25.1 Å². The highest BCUT2D eigenvalue weighted by Gasteiger charge is 2.04. The van der Waals surface area contributed by atoms with Gasteiger partial charge in [0, 0.05) is 11.4 Å². The van der Waals surface area contributed by atoms with Gasteiger partial charge >= 0.3 is 0 Å². The van der Waals surface area contributed by atoms with Gasteiger partial charge in [-0.1, -0.05) is 31.2 Å². The van der Waals surface area contributed by atoms with E-state index in [2.05, 4.69) is 24.0 Å². The number of pyridine rings is 1. The molecule has 0 saturated heterocycles. The highest BCUT2D eigenvalue weighted by atomic mass is 35.5. The van der Waals surface area contributed by atoms with Crippen molar-refractivity contribution in [1.82, 2.24) is 4.98 Å². The van der Waals surface area contributed by atoms with Crippen LogP contribution in [0.3, 0.4) is 0 Å². The van der Waals surface area contributed by atoms with E-state index in [1.165, 1.54) is 5.39 Å². The van der Waals surface area contributed by atoms with Gasteiger partial charge in [0.1, 0.15) is 0 Å². The van der Waals surface area contributed by atoms with Gasteiger partial charge in [-0.2, -0.15) is 0 Å². The van der Waals surface area contributed by atoms with Crippen LogP contribution >= 0.6 is 12.4 Å². The van der Waals surface area contributed by atoms with Gasteiger partial charge in [0.05, 0.1) is 11.2 Å². The summed E-state index contributed by atoms with van der Waals surface area (Å²) in [4.78, 5) is 4.52. The maximum atomic E-state index is 5.92. The van der Waals surface area contributed by atoms with E-state index in [4.69, 9.17) is 5.73 Å². The van der Waals surface area contributed by atoms with Crippen LogP contribution in [0.25, 0.3) is 10.9 Å². The molecule has 0 saturated carbocycles. The Balaban J connectivity index is 0.00000112. The fraction of sp³-hybridized carbons (Fsp3) is 0.250. The topological polar surface area (TPSA) is 38.9 Å². The first-order valence-electron chi connectivity index (χ1n) is 4.92. The zero-order valence-corrected chi connectivity index (χ0v) is 9.50. The quantitative estimate of drug-likeness (QED) is 0.848. The van der Waals surface area contributed by atoms with Gasteiger partial charge in [-0.15, -0.1) is 12.4 Å². The monoisotopic (exact) mass is 222 g/mol. The Hall–Kier alpha value is -1.12. The molecule has 2 aromatic rings. The number of hydrogen-bond donors (Lipinski definition) is 1. The maximum absolute atomic E-state index is 5.92. The summed E-state index contributed by atoms with van der Waals surface area (Å²) in [6.45, 7) is 2.07. The summed E-state index contributed by atoms with van der Waals surface area (Å²) in [6, 6.07) is 12.2. The highest BCUT2D eigenvalue weighted by molar-refractivity contribution is 5.85. The maximum Gasteiger partial charge on any atom is 0.0706 e. The first-order chi connectivity index (χ1) is 6.81. The molecule has 80 valence electrons. The van der Waals surface area contributed by atoms with Gasteiger partial charge in [0.15, 0.2) is 0 Å². The van der Waals surface area contributed by atoms with Crippen molar-refractivity contribution in [3.63, 3.8) is 0 Å². The van der Waals surface area contributed by atoms with Crippen molar-refractivity contribution >= 4 is 23.3 Å². The minimum Gasteiger partial charge on any atom is -0.323 e. The van der Waals surface area contributed by atoms with E-state index in [1.54, 1.807) is 0 Å². The molecule has 2 N–H and O–H groups in total.